The molecule has 0 radical (unpaired) electrons. The summed E-state index contributed by atoms with van der Waals surface area (Å²) in [7, 11) is 0. The molecule has 2 heteroatoms. The summed E-state index contributed by atoms with van der Waals surface area (Å²) in [4.78, 5) is 12.9. The zero-order valence-corrected chi connectivity index (χ0v) is 16.6. The molecule has 0 amide bonds. The first-order chi connectivity index (χ1) is 13.2. The molecule has 2 aliphatic rings. The third-order valence-corrected chi connectivity index (χ3v) is 5.29. The Morgan fingerprint density at radius 2 is 1.78 bits per heavy atom. The number of rotatable bonds is 6. The predicted octanol–water partition coefficient (Wildman–Crippen LogP) is 5.42. The first-order valence-corrected chi connectivity index (χ1v) is 10.3. The van der Waals surface area contributed by atoms with Crippen LogP contribution in [0.4, 0.5) is 0 Å². The Bertz CT molecular complexity index is 777. The van der Waals surface area contributed by atoms with Gasteiger partial charge in [-0.05, 0) is 54.0 Å². The molecule has 0 aromatic heterocycles. The van der Waals surface area contributed by atoms with Crippen molar-refractivity contribution in [3.8, 4) is 0 Å². The average Bonchev–Trinajstić information content (AvgIpc) is 2.68. The normalized spacial score (nSPS) is 23.1. The smallest absolute Gasteiger partial charge is 0.187 e. The molecule has 1 atom stereocenters. The summed E-state index contributed by atoms with van der Waals surface area (Å²) >= 11 is 0. The molecule has 1 aromatic carbocycles. The summed E-state index contributed by atoms with van der Waals surface area (Å²) in [6.07, 6.45) is 16.6. The van der Waals surface area contributed by atoms with E-state index in [0.717, 1.165) is 41.5 Å². The lowest BCUT2D eigenvalue weighted by Gasteiger charge is -2.19. The number of hydrogen-bond acceptors (Lipinski definition) is 2. The zero-order chi connectivity index (χ0) is 19.1. The summed E-state index contributed by atoms with van der Waals surface area (Å²) in [5.74, 6) is 0.833. The molecule has 1 heterocycles. The lowest BCUT2D eigenvalue weighted by molar-refractivity contribution is -0.112. The topological polar surface area (TPSA) is 29.1 Å². The molecule has 1 saturated heterocycles. The highest BCUT2D eigenvalue weighted by Gasteiger charge is 2.20. The second kappa shape index (κ2) is 9.66. The highest BCUT2D eigenvalue weighted by molar-refractivity contribution is 6.12. The number of allylic oxidation sites excluding steroid dienone is 5. The van der Waals surface area contributed by atoms with Gasteiger partial charge in [0.15, 0.2) is 5.78 Å². The number of hydrogen-bond donors (Lipinski definition) is 1. The van der Waals surface area contributed by atoms with E-state index in [1.807, 2.05) is 6.08 Å². The third kappa shape index (κ3) is 5.40. The number of piperidine rings is 1. The van der Waals surface area contributed by atoms with E-state index in [9.17, 15) is 4.79 Å². The molecule has 1 fully saturated rings. The Morgan fingerprint density at radius 3 is 2.41 bits per heavy atom. The number of Topliss-reactive ketones (excluding diaryl/α,β-unsaturated/α-hetero) is 1. The molecule has 0 bridgehead atoms. The Morgan fingerprint density at radius 1 is 1.04 bits per heavy atom. The SMILES string of the molecule is CCCc1ccc(/C=C2\CNC/C(=C\C3=CCC(CCC)C=C3)C2=O)cc1. The Balaban J connectivity index is 1.71. The van der Waals surface area contributed by atoms with Crippen LogP contribution in [0.15, 0.2) is 65.3 Å². The minimum Gasteiger partial charge on any atom is -0.308 e. The highest BCUT2D eigenvalue weighted by atomic mass is 16.1. The molecular formula is C25H31NO. The number of nitrogens with one attached hydrogen (secondary N) is 1. The van der Waals surface area contributed by atoms with Gasteiger partial charge in [-0.25, -0.2) is 0 Å². The van der Waals surface area contributed by atoms with E-state index in [0.29, 0.717) is 19.0 Å². The molecule has 0 saturated carbocycles. The second-order valence-corrected chi connectivity index (χ2v) is 7.61. The number of benzene rings is 1. The summed E-state index contributed by atoms with van der Waals surface area (Å²) in [6.45, 7) is 5.71. The molecule has 1 aliphatic carbocycles. The lowest BCUT2D eigenvalue weighted by atomic mass is 9.90. The van der Waals surface area contributed by atoms with E-state index < -0.39 is 0 Å². The maximum atomic E-state index is 12.9. The summed E-state index contributed by atoms with van der Waals surface area (Å²) in [5, 5.41) is 3.38. The highest BCUT2D eigenvalue weighted by Crippen LogP contribution is 2.23. The number of aryl methyl sites for hydroxylation is 1. The van der Waals surface area contributed by atoms with Crippen molar-refractivity contribution in [2.24, 2.45) is 5.92 Å². The van der Waals surface area contributed by atoms with Crippen molar-refractivity contribution in [2.75, 3.05) is 13.1 Å². The van der Waals surface area contributed by atoms with Gasteiger partial charge >= 0.3 is 0 Å². The van der Waals surface area contributed by atoms with Crippen LogP contribution < -0.4 is 5.32 Å². The fraction of sp³-hybridized carbons (Fsp3) is 0.400. The van der Waals surface area contributed by atoms with E-state index in [4.69, 9.17) is 0 Å². The van der Waals surface area contributed by atoms with Crippen molar-refractivity contribution < 1.29 is 4.79 Å². The van der Waals surface area contributed by atoms with Crippen LogP contribution in [0.25, 0.3) is 6.08 Å². The largest absolute Gasteiger partial charge is 0.308 e. The molecular weight excluding hydrogens is 330 g/mol. The van der Waals surface area contributed by atoms with Gasteiger partial charge in [0.1, 0.15) is 0 Å². The van der Waals surface area contributed by atoms with Crippen molar-refractivity contribution >= 4 is 11.9 Å². The van der Waals surface area contributed by atoms with E-state index in [1.165, 1.54) is 18.4 Å². The van der Waals surface area contributed by atoms with Gasteiger partial charge in [0.2, 0.25) is 0 Å². The lowest BCUT2D eigenvalue weighted by Crippen LogP contribution is -2.33. The van der Waals surface area contributed by atoms with Gasteiger partial charge in [-0.15, -0.1) is 0 Å². The van der Waals surface area contributed by atoms with Crippen LogP contribution >= 0.6 is 0 Å². The molecule has 1 aromatic rings. The number of carbonyl (C=O) groups is 1. The van der Waals surface area contributed by atoms with Crippen LogP contribution in [-0.4, -0.2) is 18.9 Å². The van der Waals surface area contributed by atoms with Gasteiger partial charge in [-0.3, -0.25) is 4.79 Å². The Kier molecular flexibility index (Phi) is 7.00. The minimum atomic E-state index is 0.177. The third-order valence-electron chi connectivity index (χ3n) is 5.29. The molecule has 1 unspecified atom stereocenters. The maximum absolute atomic E-state index is 12.9. The zero-order valence-electron chi connectivity index (χ0n) is 16.6. The number of ketones is 1. The van der Waals surface area contributed by atoms with Crippen molar-refractivity contribution in [1.29, 1.82) is 0 Å². The summed E-state index contributed by atoms with van der Waals surface area (Å²) in [6, 6.07) is 8.56. The minimum absolute atomic E-state index is 0.177. The first kappa shape index (κ1) is 19.6. The van der Waals surface area contributed by atoms with E-state index >= 15 is 0 Å². The molecule has 1 aliphatic heterocycles. The van der Waals surface area contributed by atoms with Gasteiger partial charge in [0.25, 0.3) is 0 Å². The van der Waals surface area contributed by atoms with Crippen molar-refractivity contribution in [3.63, 3.8) is 0 Å². The standard InChI is InChI=1S/C25H31NO/c1-3-5-19-7-11-21(12-8-19)15-23-17-26-18-24(25(23)27)16-22-13-9-20(6-4-2)10-14-22/h7-9,11-16,20,26H,3-6,10,17-18H2,1-2H3/b23-15+,24-16+. The maximum Gasteiger partial charge on any atom is 0.187 e. The van der Waals surface area contributed by atoms with Gasteiger partial charge in [-0.1, -0.05) is 69.2 Å². The fourth-order valence-electron chi connectivity index (χ4n) is 3.78. The molecule has 142 valence electrons. The second-order valence-electron chi connectivity index (χ2n) is 7.61. The Labute approximate surface area is 163 Å². The molecule has 2 nitrogen and oxygen atoms in total. The van der Waals surface area contributed by atoms with Gasteiger partial charge in [0.05, 0.1) is 0 Å². The predicted molar refractivity (Wildman–Crippen MR) is 115 cm³/mol. The van der Waals surface area contributed by atoms with Crippen molar-refractivity contribution in [3.05, 3.63) is 76.4 Å². The summed E-state index contributed by atoms with van der Waals surface area (Å²) < 4.78 is 0. The van der Waals surface area contributed by atoms with Crippen LogP contribution in [0.3, 0.4) is 0 Å². The fourth-order valence-corrected chi connectivity index (χ4v) is 3.78. The van der Waals surface area contributed by atoms with Crippen LogP contribution in [0, 0.1) is 5.92 Å². The van der Waals surface area contributed by atoms with E-state index in [2.05, 4.69) is 67.7 Å². The van der Waals surface area contributed by atoms with Crippen LogP contribution in [0.5, 0.6) is 0 Å². The van der Waals surface area contributed by atoms with Gasteiger partial charge in [-0.2, -0.15) is 0 Å². The molecule has 1 N–H and O–H groups in total. The van der Waals surface area contributed by atoms with E-state index in [-0.39, 0.29) is 5.78 Å². The monoisotopic (exact) mass is 361 g/mol. The quantitative estimate of drug-likeness (QED) is 0.685. The summed E-state index contributed by atoms with van der Waals surface area (Å²) in [5.41, 5.74) is 5.32. The van der Waals surface area contributed by atoms with Crippen LogP contribution in [-0.2, 0) is 11.2 Å². The first-order valence-electron chi connectivity index (χ1n) is 10.3. The van der Waals surface area contributed by atoms with Gasteiger partial charge in [0, 0.05) is 24.2 Å². The van der Waals surface area contributed by atoms with E-state index in [1.54, 1.807) is 0 Å². The molecule has 0 spiro atoms. The van der Waals surface area contributed by atoms with Crippen LogP contribution in [0.2, 0.25) is 0 Å². The molecule has 27 heavy (non-hydrogen) atoms. The number of carbonyl (C=O) groups excluding carboxylic acids is 1. The van der Waals surface area contributed by atoms with Crippen molar-refractivity contribution in [1.82, 2.24) is 5.32 Å². The Hall–Kier alpha value is -2.19. The van der Waals surface area contributed by atoms with Gasteiger partial charge < -0.3 is 5.32 Å². The average molecular weight is 362 g/mol. The van der Waals surface area contributed by atoms with Crippen LogP contribution in [0.1, 0.15) is 50.7 Å². The van der Waals surface area contributed by atoms with Crippen molar-refractivity contribution in [2.45, 2.75) is 46.0 Å². The molecule has 3 rings (SSSR count).